The maximum Gasteiger partial charge on any atom is 0.0201 e. The molecule has 0 bridgehead atoms. The van der Waals surface area contributed by atoms with Gasteiger partial charge in [0.05, 0.1) is 0 Å². The Kier molecular flexibility index (Phi) is 5.68. The molecule has 0 amide bonds. The van der Waals surface area contributed by atoms with Crippen LogP contribution in [0.15, 0.2) is 0 Å². The molecule has 4 atom stereocenters. The predicted molar refractivity (Wildman–Crippen MR) is 78.7 cm³/mol. The lowest BCUT2D eigenvalue weighted by Gasteiger charge is -2.35. The lowest BCUT2D eigenvalue weighted by Crippen LogP contribution is -2.46. The van der Waals surface area contributed by atoms with Gasteiger partial charge in [-0.05, 0) is 37.4 Å². The van der Waals surface area contributed by atoms with Crippen molar-refractivity contribution in [1.82, 2.24) is 5.32 Å². The quantitative estimate of drug-likeness (QED) is 0.789. The summed E-state index contributed by atoms with van der Waals surface area (Å²) in [6.45, 7) is 4.67. The fourth-order valence-corrected chi connectivity index (χ4v) is 4.93. The minimum atomic E-state index is 0.817. The number of rotatable bonds is 5. The maximum absolute atomic E-state index is 4.03. The average molecular weight is 255 g/mol. The highest BCUT2D eigenvalue weighted by Crippen LogP contribution is 2.33. The van der Waals surface area contributed by atoms with E-state index in [0.717, 1.165) is 23.3 Å². The van der Waals surface area contributed by atoms with Gasteiger partial charge in [0.2, 0.25) is 0 Å². The molecule has 0 radical (unpaired) electrons. The standard InChI is InChI=1S/C15H29NS/c1-3-12-8-5-6-9-13(12)16-14-10-7-11-15(14)17-4-2/h12-16H,3-11H2,1-2H3. The van der Waals surface area contributed by atoms with Gasteiger partial charge >= 0.3 is 0 Å². The van der Waals surface area contributed by atoms with Crippen molar-refractivity contribution in [2.24, 2.45) is 5.92 Å². The molecule has 0 aromatic heterocycles. The van der Waals surface area contributed by atoms with E-state index in [0.29, 0.717) is 0 Å². The lowest BCUT2D eigenvalue weighted by molar-refractivity contribution is 0.238. The van der Waals surface area contributed by atoms with Gasteiger partial charge in [-0.2, -0.15) is 11.8 Å². The van der Waals surface area contributed by atoms with Crippen molar-refractivity contribution < 1.29 is 0 Å². The molecular weight excluding hydrogens is 226 g/mol. The van der Waals surface area contributed by atoms with Crippen LogP contribution < -0.4 is 5.32 Å². The van der Waals surface area contributed by atoms with Crippen LogP contribution in [-0.4, -0.2) is 23.1 Å². The number of hydrogen-bond acceptors (Lipinski definition) is 2. The van der Waals surface area contributed by atoms with Gasteiger partial charge in [0.25, 0.3) is 0 Å². The van der Waals surface area contributed by atoms with Crippen molar-refractivity contribution in [2.75, 3.05) is 5.75 Å². The van der Waals surface area contributed by atoms with Crippen LogP contribution in [0, 0.1) is 5.92 Å². The Morgan fingerprint density at radius 3 is 2.47 bits per heavy atom. The Morgan fingerprint density at radius 2 is 1.71 bits per heavy atom. The molecular formula is C15H29NS. The summed E-state index contributed by atoms with van der Waals surface area (Å²) < 4.78 is 0. The first kappa shape index (κ1) is 13.7. The number of hydrogen-bond donors (Lipinski definition) is 1. The Hall–Kier alpha value is 0.310. The van der Waals surface area contributed by atoms with E-state index in [4.69, 9.17) is 0 Å². The molecule has 2 saturated carbocycles. The summed E-state index contributed by atoms with van der Waals surface area (Å²) in [5.41, 5.74) is 0. The van der Waals surface area contributed by atoms with Crippen LogP contribution >= 0.6 is 11.8 Å². The average Bonchev–Trinajstić information content (AvgIpc) is 2.78. The van der Waals surface area contributed by atoms with Crippen molar-refractivity contribution >= 4 is 11.8 Å². The summed E-state index contributed by atoms with van der Waals surface area (Å²) >= 11 is 2.18. The molecule has 0 spiro atoms. The van der Waals surface area contributed by atoms with Crippen LogP contribution in [0.2, 0.25) is 0 Å². The topological polar surface area (TPSA) is 12.0 Å². The van der Waals surface area contributed by atoms with Crippen LogP contribution in [0.5, 0.6) is 0 Å². The van der Waals surface area contributed by atoms with Crippen molar-refractivity contribution in [3.63, 3.8) is 0 Å². The largest absolute Gasteiger partial charge is 0.310 e. The van der Waals surface area contributed by atoms with Gasteiger partial charge < -0.3 is 5.32 Å². The molecule has 17 heavy (non-hydrogen) atoms. The molecule has 2 heteroatoms. The maximum atomic E-state index is 4.03. The SMILES string of the molecule is CCSC1CCCC1NC1CCCCC1CC. The molecule has 0 aromatic carbocycles. The van der Waals surface area contributed by atoms with Crippen LogP contribution in [0.3, 0.4) is 0 Å². The van der Waals surface area contributed by atoms with Gasteiger partial charge in [-0.25, -0.2) is 0 Å². The van der Waals surface area contributed by atoms with Gasteiger partial charge in [-0.15, -0.1) is 0 Å². The summed E-state index contributed by atoms with van der Waals surface area (Å²) in [5.74, 6) is 2.24. The van der Waals surface area contributed by atoms with E-state index >= 15 is 0 Å². The van der Waals surface area contributed by atoms with E-state index in [1.54, 1.807) is 0 Å². The minimum Gasteiger partial charge on any atom is -0.310 e. The molecule has 0 heterocycles. The Bertz CT molecular complexity index is 219. The Morgan fingerprint density at radius 1 is 0.941 bits per heavy atom. The van der Waals surface area contributed by atoms with Gasteiger partial charge in [0.15, 0.2) is 0 Å². The molecule has 0 aromatic rings. The molecule has 1 nitrogen and oxygen atoms in total. The van der Waals surface area contributed by atoms with E-state index in [9.17, 15) is 0 Å². The smallest absolute Gasteiger partial charge is 0.0201 e. The molecule has 2 aliphatic carbocycles. The predicted octanol–water partition coefficient (Wildman–Crippen LogP) is 4.22. The molecule has 2 aliphatic rings. The van der Waals surface area contributed by atoms with Crippen LogP contribution in [-0.2, 0) is 0 Å². The van der Waals surface area contributed by atoms with Gasteiger partial charge in [0.1, 0.15) is 0 Å². The summed E-state index contributed by atoms with van der Waals surface area (Å²) in [4.78, 5) is 0. The zero-order valence-corrected chi connectivity index (χ0v) is 12.4. The highest BCUT2D eigenvalue weighted by atomic mass is 32.2. The van der Waals surface area contributed by atoms with Gasteiger partial charge in [-0.3, -0.25) is 0 Å². The zero-order valence-electron chi connectivity index (χ0n) is 11.6. The summed E-state index contributed by atoms with van der Waals surface area (Å²) in [6.07, 6.45) is 11.5. The van der Waals surface area contributed by atoms with E-state index in [2.05, 4.69) is 30.9 Å². The normalized spacial score (nSPS) is 38.5. The lowest BCUT2D eigenvalue weighted by atomic mass is 9.82. The monoisotopic (exact) mass is 255 g/mol. The Balaban J connectivity index is 1.85. The fourth-order valence-electron chi connectivity index (χ4n) is 3.72. The van der Waals surface area contributed by atoms with Crippen molar-refractivity contribution in [2.45, 2.75) is 82.5 Å². The van der Waals surface area contributed by atoms with Crippen LogP contribution in [0.25, 0.3) is 0 Å². The molecule has 0 aliphatic heterocycles. The highest BCUT2D eigenvalue weighted by molar-refractivity contribution is 7.99. The second-order valence-corrected chi connectivity index (χ2v) is 7.27. The molecule has 2 fully saturated rings. The van der Waals surface area contributed by atoms with E-state index in [1.165, 1.54) is 57.1 Å². The number of thioether (sulfide) groups is 1. The van der Waals surface area contributed by atoms with Crippen molar-refractivity contribution in [3.05, 3.63) is 0 Å². The summed E-state index contributed by atoms with van der Waals surface area (Å²) in [5, 5.41) is 4.94. The van der Waals surface area contributed by atoms with Crippen LogP contribution in [0.1, 0.15) is 65.2 Å². The highest BCUT2D eigenvalue weighted by Gasteiger charge is 2.31. The third kappa shape index (κ3) is 3.64. The second kappa shape index (κ2) is 7.04. The first-order valence-electron chi connectivity index (χ1n) is 7.72. The van der Waals surface area contributed by atoms with E-state index in [1.807, 2.05) is 0 Å². The first-order chi connectivity index (χ1) is 8.35. The van der Waals surface area contributed by atoms with Crippen molar-refractivity contribution in [1.29, 1.82) is 0 Å². The van der Waals surface area contributed by atoms with Crippen molar-refractivity contribution in [3.8, 4) is 0 Å². The summed E-state index contributed by atoms with van der Waals surface area (Å²) in [7, 11) is 0. The molecule has 2 rings (SSSR count). The molecule has 1 N–H and O–H groups in total. The van der Waals surface area contributed by atoms with Gasteiger partial charge in [0, 0.05) is 17.3 Å². The number of nitrogens with one attached hydrogen (secondary N) is 1. The van der Waals surface area contributed by atoms with Crippen LogP contribution in [0.4, 0.5) is 0 Å². The Labute approximate surface area is 112 Å². The third-order valence-corrected chi connectivity index (χ3v) is 6.02. The second-order valence-electron chi connectivity index (χ2n) is 5.76. The zero-order chi connectivity index (χ0) is 12.1. The fraction of sp³-hybridized carbons (Fsp3) is 1.00. The molecule has 0 saturated heterocycles. The third-order valence-electron chi connectivity index (χ3n) is 4.69. The summed E-state index contributed by atoms with van der Waals surface area (Å²) in [6, 6.07) is 1.65. The van der Waals surface area contributed by atoms with E-state index < -0.39 is 0 Å². The molecule has 4 unspecified atom stereocenters. The first-order valence-corrected chi connectivity index (χ1v) is 8.77. The van der Waals surface area contributed by atoms with Gasteiger partial charge in [-0.1, -0.05) is 39.5 Å². The van der Waals surface area contributed by atoms with E-state index in [-0.39, 0.29) is 0 Å². The molecule has 100 valence electrons. The minimum absolute atomic E-state index is 0.817.